The van der Waals surface area contributed by atoms with E-state index in [1.54, 1.807) is 41.5 Å². The number of halogens is 2. The highest BCUT2D eigenvalue weighted by Crippen LogP contribution is 2.37. The molecule has 0 saturated carbocycles. The molecular weight excluding hydrogens is 376 g/mol. The van der Waals surface area contributed by atoms with Gasteiger partial charge in [0.05, 0.1) is 12.2 Å². The molecule has 0 radical (unpaired) electrons. The first-order valence-corrected chi connectivity index (χ1v) is 9.38. The van der Waals surface area contributed by atoms with E-state index in [0.717, 1.165) is 18.9 Å². The second-order valence-electron chi connectivity index (χ2n) is 6.69. The third-order valence-electron chi connectivity index (χ3n) is 4.91. The molecule has 1 saturated heterocycles. The van der Waals surface area contributed by atoms with Gasteiger partial charge in [-0.2, -0.15) is 10.2 Å². The Balaban J connectivity index is 1.75. The summed E-state index contributed by atoms with van der Waals surface area (Å²) in [7, 11) is 1.66. The Labute approximate surface area is 167 Å². The van der Waals surface area contributed by atoms with Crippen LogP contribution in [0.25, 0.3) is 5.65 Å². The SMILES string of the molecule is C/C=N\N(/C=N\C)c1cnn2ccc(N3CCCC3c3cc(F)ccc3F)nc12. The average molecular weight is 397 g/mol. The Bertz CT molecular complexity index is 1060. The molecule has 0 aliphatic carbocycles. The largest absolute Gasteiger partial charge is 0.349 e. The molecule has 0 amide bonds. The maximum atomic E-state index is 14.4. The van der Waals surface area contributed by atoms with Crippen LogP contribution >= 0.6 is 0 Å². The van der Waals surface area contributed by atoms with Crippen molar-refractivity contribution in [3.8, 4) is 0 Å². The Morgan fingerprint density at radius 2 is 2.14 bits per heavy atom. The van der Waals surface area contributed by atoms with Crippen molar-refractivity contribution in [1.29, 1.82) is 0 Å². The minimum atomic E-state index is -0.443. The molecule has 0 spiro atoms. The van der Waals surface area contributed by atoms with E-state index >= 15 is 0 Å². The van der Waals surface area contributed by atoms with Gasteiger partial charge in [0.15, 0.2) is 5.65 Å². The summed E-state index contributed by atoms with van der Waals surface area (Å²) in [6, 6.07) is 5.15. The van der Waals surface area contributed by atoms with Gasteiger partial charge in [-0.1, -0.05) is 0 Å². The lowest BCUT2D eigenvalue weighted by Gasteiger charge is -2.26. The molecule has 4 rings (SSSR count). The monoisotopic (exact) mass is 397 g/mol. The van der Waals surface area contributed by atoms with Crippen LogP contribution < -0.4 is 9.91 Å². The van der Waals surface area contributed by atoms with Crippen molar-refractivity contribution in [2.24, 2.45) is 10.1 Å². The molecule has 1 fully saturated rings. The fourth-order valence-electron chi connectivity index (χ4n) is 3.69. The van der Waals surface area contributed by atoms with Gasteiger partial charge < -0.3 is 4.90 Å². The number of aliphatic imine (C=N–C) groups is 1. The number of rotatable bonds is 5. The van der Waals surface area contributed by atoms with E-state index in [1.165, 1.54) is 12.1 Å². The smallest absolute Gasteiger partial charge is 0.183 e. The fraction of sp³-hybridized carbons (Fsp3) is 0.300. The van der Waals surface area contributed by atoms with Crippen molar-refractivity contribution in [2.75, 3.05) is 23.5 Å². The van der Waals surface area contributed by atoms with Crippen molar-refractivity contribution in [1.82, 2.24) is 14.6 Å². The zero-order chi connectivity index (χ0) is 20.4. The molecule has 1 aliphatic rings. The zero-order valence-electron chi connectivity index (χ0n) is 16.2. The van der Waals surface area contributed by atoms with Crippen LogP contribution in [0.1, 0.15) is 31.4 Å². The molecule has 0 N–H and O–H groups in total. The number of fused-ring (bicyclic) bond motifs is 1. The normalized spacial score (nSPS) is 17.2. The van der Waals surface area contributed by atoms with Gasteiger partial charge in [0, 0.05) is 31.6 Å². The minimum Gasteiger partial charge on any atom is -0.349 e. The summed E-state index contributed by atoms with van der Waals surface area (Å²) in [6.45, 7) is 2.52. The lowest BCUT2D eigenvalue weighted by Crippen LogP contribution is -2.24. The van der Waals surface area contributed by atoms with Crippen molar-refractivity contribution < 1.29 is 8.78 Å². The summed E-state index contributed by atoms with van der Waals surface area (Å²) in [5, 5.41) is 10.2. The number of hydrogen-bond donors (Lipinski definition) is 0. The van der Waals surface area contributed by atoms with E-state index in [0.29, 0.717) is 29.3 Å². The standard InChI is InChI=1S/C20H21F2N7/c1-3-24-29(13-23-2)18-12-25-28-10-8-19(26-20(18)28)27-9-4-5-17(27)15-11-14(21)6-7-16(15)22/h3,6-8,10-13,17H,4-5,9H2,1-2H3/b23-13-,24-3-. The topological polar surface area (TPSA) is 61.4 Å². The van der Waals surface area contributed by atoms with Crippen LogP contribution in [0.5, 0.6) is 0 Å². The van der Waals surface area contributed by atoms with Crippen LogP contribution in [0.4, 0.5) is 20.3 Å². The third-order valence-corrected chi connectivity index (χ3v) is 4.91. The number of hydrogen-bond acceptors (Lipinski definition) is 5. The quantitative estimate of drug-likeness (QED) is 0.373. The molecule has 1 aromatic carbocycles. The van der Waals surface area contributed by atoms with Gasteiger partial charge in [-0.3, -0.25) is 4.99 Å². The van der Waals surface area contributed by atoms with E-state index in [2.05, 4.69) is 15.2 Å². The summed E-state index contributed by atoms with van der Waals surface area (Å²) < 4.78 is 29.8. The lowest BCUT2D eigenvalue weighted by molar-refractivity contribution is 0.560. The first kappa shape index (κ1) is 19.0. The molecule has 7 nitrogen and oxygen atoms in total. The first-order valence-electron chi connectivity index (χ1n) is 9.38. The second kappa shape index (κ2) is 7.94. The maximum absolute atomic E-state index is 14.4. The van der Waals surface area contributed by atoms with Gasteiger partial charge in [-0.05, 0) is 44.0 Å². The summed E-state index contributed by atoms with van der Waals surface area (Å²) in [6.07, 6.45) is 8.29. The highest BCUT2D eigenvalue weighted by atomic mass is 19.1. The predicted molar refractivity (Wildman–Crippen MR) is 110 cm³/mol. The molecule has 150 valence electrons. The molecule has 1 atom stereocenters. The molecule has 3 aromatic rings. The van der Waals surface area contributed by atoms with Gasteiger partial charge in [-0.15, -0.1) is 0 Å². The summed E-state index contributed by atoms with van der Waals surface area (Å²) in [5.41, 5.74) is 1.62. The van der Waals surface area contributed by atoms with Gasteiger partial charge in [0.25, 0.3) is 0 Å². The minimum absolute atomic E-state index is 0.269. The van der Waals surface area contributed by atoms with Crippen LogP contribution in [0.2, 0.25) is 0 Å². The summed E-state index contributed by atoms with van der Waals surface area (Å²) in [5.74, 6) is -0.169. The van der Waals surface area contributed by atoms with E-state index in [-0.39, 0.29) is 6.04 Å². The van der Waals surface area contributed by atoms with Crippen LogP contribution in [-0.2, 0) is 0 Å². The highest BCUT2D eigenvalue weighted by molar-refractivity contribution is 5.86. The molecule has 2 aromatic heterocycles. The number of anilines is 2. The fourth-order valence-corrected chi connectivity index (χ4v) is 3.69. The van der Waals surface area contributed by atoms with E-state index in [1.807, 2.05) is 17.9 Å². The van der Waals surface area contributed by atoms with Crippen molar-refractivity contribution >= 4 is 29.7 Å². The number of hydrazone groups is 1. The van der Waals surface area contributed by atoms with E-state index in [4.69, 9.17) is 4.98 Å². The van der Waals surface area contributed by atoms with Crippen LogP contribution in [-0.4, -0.2) is 40.7 Å². The molecule has 9 heteroatoms. The van der Waals surface area contributed by atoms with Gasteiger partial charge in [0.1, 0.15) is 29.5 Å². The number of aromatic nitrogens is 3. The Kier molecular flexibility index (Phi) is 5.20. The molecule has 1 unspecified atom stereocenters. The van der Waals surface area contributed by atoms with Crippen molar-refractivity contribution in [2.45, 2.75) is 25.8 Å². The third kappa shape index (κ3) is 3.55. The average Bonchev–Trinajstić information content (AvgIpc) is 3.36. The maximum Gasteiger partial charge on any atom is 0.183 e. The Morgan fingerprint density at radius 3 is 2.93 bits per heavy atom. The number of nitrogens with zero attached hydrogens (tertiary/aromatic N) is 7. The zero-order valence-corrected chi connectivity index (χ0v) is 16.2. The van der Waals surface area contributed by atoms with Gasteiger partial charge in [-0.25, -0.2) is 23.3 Å². The summed E-state index contributed by atoms with van der Waals surface area (Å²) in [4.78, 5) is 10.8. The van der Waals surface area contributed by atoms with Crippen LogP contribution in [0.3, 0.4) is 0 Å². The highest BCUT2D eigenvalue weighted by Gasteiger charge is 2.30. The Hall–Kier alpha value is -3.36. The predicted octanol–water partition coefficient (Wildman–Crippen LogP) is 3.82. The van der Waals surface area contributed by atoms with Crippen molar-refractivity contribution in [3.05, 3.63) is 53.9 Å². The van der Waals surface area contributed by atoms with Crippen LogP contribution in [0, 0.1) is 11.6 Å². The molecule has 0 bridgehead atoms. The number of benzene rings is 1. The molecular formula is C20H21F2N7. The Morgan fingerprint density at radius 1 is 1.28 bits per heavy atom. The first-order chi connectivity index (χ1) is 14.1. The van der Waals surface area contributed by atoms with Crippen LogP contribution in [0.15, 0.2) is 46.8 Å². The van der Waals surface area contributed by atoms with Gasteiger partial charge in [0.2, 0.25) is 0 Å². The van der Waals surface area contributed by atoms with E-state index < -0.39 is 11.6 Å². The van der Waals surface area contributed by atoms with Crippen molar-refractivity contribution in [3.63, 3.8) is 0 Å². The van der Waals surface area contributed by atoms with E-state index in [9.17, 15) is 8.78 Å². The summed E-state index contributed by atoms with van der Waals surface area (Å²) >= 11 is 0. The molecule has 1 aliphatic heterocycles. The van der Waals surface area contributed by atoms with Gasteiger partial charge >= 0.3 is 0 Å². The molecule has 29 heavy (non-hydrogen) atoms. The lowest BCUT2D eigenvalue weighted by atomic mass is 10.0. The second-order valence-corrected chi connectivity index (χ2v) is 6.69. The molecule has 3 heterocycles.